The summed E-state index contributed by atoms with van der Waals surface area (Å²) in [6.07, 6.45) is 1.14. The fourth-order valence-corrected chi connectivity index (χ4v) is 1.41. The first-order valence-electron chi connectivity index (χ1n) is 4.95. The van der Waals surface area contributed by atoms with Crippen LogP contribution in [-0.2, 0) is 4.79 Å². The molecule has 15 heavy (non-hydrogen) atoms. The van der Waals surface area contributed by atoms with Gasteiger partial charge in [-0.3, -0.25) is 0 Å². The zero-order valence-electron chi connectivity index (χ0n) is 8.89. The molecule has 1 aromatic carbocycles. The molecular weight excluding hydrogens is 198 g/mol. The van der Waals surface area contributed by atoms with Crippen LogP contribution in [0.15, 0.2) is 18.2 Å². The lowest BCUT2D eigenvalue weighted by molar-refractivity contribution is -0.117. The summed E-state index contributed by atoms with van der Waals surface area (Å²) in [4.78, 5) is 10.8. The number of rotatable bonds is 4. The molecule has 1 aromatic rings. The Balaban J connectivity index is 2.69. The van der Waals surface area contributed by atoms with E-state index in [0.717, 1.165) is 11.6 Å². The van der Waals surface area contributed by atoms with Crippen molar-refractivity contribution < 1.29 is 13.6 Å². The average Bonchev–Trinajstić information content (AvgIpc) is 2.18. The van der Waals surface area contributed by atoms with Crippen LogP contribution in [0.25, 0.3) is 0 Å². The van der Waals surface area contributed by atoms with Crippen molar-refractivity contribution in [3.8, 4) is 0 Å². The Kier molecular flexibility index (Phi) is 3.95. The van der Waals surface area contributed by atoms with Crippen LogP contribution < -0.4 is 0 Å². The summed E-state index contributed by atoms with van der Waals surface area (Å²) < 4.78 is 25.5. The van der Waals surface area contributed by atoms with Crippen molar-refractivity contribution >= 4 is 5.78 Å². The van der Waals surface area contributed by atoms with Gasteiger partial charge in [-0.15, -0.1) is 0 Å². The van der Waals surface area contributed by atoms with Crippen molar-refractivity contribution in [3.63, 3.8) is 0 Å². The first-order chi connectivity index (χ1) is 7.00. The van der Waals surface area contributed by atoms with E-state index in [1.807, 2.05) is 6.92 Å². The van der Waals surface area contributed by atoms with Gasteiger partial charge in [0.2, 0.25) is 0 Å². The second kappa shape index (κ2) is 5.01. The van der Waals surface area contributed by atoms with Crippen molar-refractivity contribution in [1.82, 2.24) is 0 Å². The van der Waals surface area contributed by atoms with Gasteiger partial charge in [-0.25, -0.2) is 8.78 Å². The maximum absolute atomic E-state index is 12.9. The standard InChI is InChI=1S/C12H14F2O/c1-8(3-4-9(2)15)10-5-6-11(13)12(14)7-10/h5-8H,3-4H2,1-2H3. The topological polar surface area (TPSA) is 17.1 Å². The van der Waals surface area contributed by atoms with E-state index < -0.39 is 11.6 Å². The minimum atomic E-state index is -0.836. The number of ketones is 1. The predicted molar refractivity (Wildman–Crippen MR) is 54.7 cm³/mol. The van der Waals surface area contributed by atoms with Gasteiger partial charge in [-0.1, -0.05) is 13.0 Å². The molecule has 0 aromatic heterocycles. The first-order valence-corrected chi connectivity index (χ1v) is 4.95. The molecule has 0 bridgehead atoms. The number of Topliss-reactive ketones (excluding diaryl/α,β-unsaturated/α-hetero) is 1. The highest BCUT2D eigenvalue weighted by molar-refractivity contribution is 5.75. The molecule has 0 fully saturated rings. The molecule has 0 amide bonds. The lowest BCUT2D eigenvalue weighted by Gasteiger charge is -2.10. The van der Waals surface area contributed by atoms with E-state index in [1.165, 1.54) is 13.0 Å². The number of carbonyl (C=O) groups is 1. The number of halogens is 2. The minimum absolute atomic E-state index is 0.0731. The van der Waals surface area contributed by atoms with Gasteiger partial charge in [0, 0.05) is 6.42 Å². The summed E-state index contributed by atoms with van der Waals surface area (Å²) in [5.41, 5.74) is 0.732. The maximum Gasteiger partial charge on any atom is 0.159 e. The maximum atomic E-state index is 12.9. The monoisotopic (exact) mass is 212 g/mol. The van der Waals surface area contributed by atoms with Crippen LogP contribution in [0.4, 0.5) is 8.78 Å². The van der Waals surface area contributed by atoms with E-state index in [0.29, 0.717) is 12.8 Å². The molecule has 0 N–H and O–H groups in total. The summed E-state index contributed by atoms with van der Waals surface area (Å²) in [5.74, 6) is -1.48. The Morgan fingerprint density at radius 3 is 2.53 bits per heavy atom. The second-order valence-corrected chi connectivity index (χ2v) is 3.82. The molecule has 1 unspecified atom stereocenters. The lowest BCUT2D eigenvalue weighted by Crippen LogP contribution is -1.99. The van der Waals surface area contributed by atoms with Gasteiger partial charge in [0.05, 0.1) is 0 Å². The molecule has 1 rings (SSSR count). The molecule has 3 heteroatoms. The third-order valence-electron chi connectivity index (χ3n) is 2.44. The normalized spacial score (nSPS) is 12.5. The van der Waals surface area contributed by atoms with Gasteiger partial charge in [-0.2, -0.15) is 0 Å². The summed E-state index contributed by atoms with van der Waals surface area (Å²) in [6.45, 7) is 3.42. The van der Waals surface area contributed by atoms with E-state index in [-0.39, 0.29) is 11.7 Å². The third kappa shape index (κ3) is 3.42. The highest BCUT2D eigenvalue weighted by atomic mass is 19.2. The summed E-state index contributed by atoms with van der Waals surface area (Å²) in [6, 6.07) is 3.87. The van der Waals surface area contributed by atoms with E-state index in [1.54, 1.807) is 6.07 Å². The third-order valence-corrected chi connectivity index (χ3v) is 2.44. The van der Waals surface area contributed by atoms with Gasteiger partial charge < -0.3 is 4.79 Å². The molecule has 0 saturated heterocycles. The van der Waals surface area contributed by atoms with Gasteiger partial charge >= 0.3 is 0 Å². The van der Waals surface area contributed by atoms with Gasteiger partial charge in [0.25, 0.3) is 0 Å². The zero-order valence-corrected chi connectivity index (χ0v) is 8.89. The summed E-state index contributed by atoms with van der Waals surface area (Å²) in [5, 5.41) is 0. The van der Waals surface area contributed by atoms with E-state index in [2.05, 4.69) is 0 Å². The Bertz CT molecular complexity index is 361. The first kappa shape index (κ1) is 11.8. The molecule has 0 spiro atoms. The van der Waals surface area contributed by atoms with Crippen LogP contribution >= 0.6 is 0 Å². The van der Waals surface area contributed by atoms with Crippen molar-refractivity contribution in [1.29, 1.82) is 0 Å². The molecule has 0 heterocycles. The molecular formula is C12H14F2O. The minimum Gasteiger partial charge on any atom is -0.300 e. The number of hydrogen-bond donors (Lipinski definition) is 0. The molecule has 0 aliphatic heterocycles. The Labute approximate surface area is 88.1 Å². The average molecular weight is 212 g/mol. The Morgan fingerprint density at radius 1 is 1.33 bits per heavy atom. The predicted octanol–water partition coefficient (Wildman–Crippen LogP) is 3.44. The van der Waals surface area contributed by atoms with Crippen molar-refractivity contribution in [3.05, 3.63) is 35.4 Å². The molecule has 82 valence electrons. The van der Waals surface area contributed by atoms with Crippen molar-refractivity contribution in [2.75, 3.05) is 0 Å². The summed E-state index contributed by atoms with van der Waals surface area (Å²) >= 11 is 0. The molecule has 0 aliphatic carbocycles. The summed E-state index contributed by atoms with van der Waals surface area (Å²) in [7, 11) is 0. The zero-order chi connectivity index (χ0) is 11.4. The van der Waals surface area contributed by atoms with E-state index in [9.17, 15) is 13.6 Å². The smallest absolute Gasteiger partial charge is 0.159 e. The molecule has 1 nitrogen and oxygen atoms in total. The van der Waals surface area contributed by atoms with Crippen LogP contribution in [0.1, 0.15) is 38.2 Å². The second-order valence-electron chi connectivity index (χ2n) is 3.82. The van der Waals surface area contributed by atoms with Gasteiger partial charge in [0.15, 0.2) is 11.6 Å². The van der Waals surface area contributed by atoms with Crippen LogP contribution in [0.2, 0.25) is 0 Å². The highest BCUT2D eigenvalue weighted by Gasteiger charge is 2.09. The molecule has 0 radical (unpaired) electrons. The fraction of sp³-hybridized carbons (Fsp3) is 0.417. The van der Waals surface area contributed by atoms with E-state index in [4.69, 9.17) is 0 Å². The number of carbonyl (C=O) groups excluding carboxylic acids is 1. The quantitative estimate of drug-likeness (QED) is 0.747. The fourth-order valence-electron chi connectivity index (χ4n) is 1.41. The molecule has 0 saturated carbocycles. The van der Waals surface area contributed by atoms with Crippen molar-refractivity contribution in [2.24, 2.45) is 0 Å². The SMILES string of the molecule is CC(=O)CCC(C)c1ccc(F)c(F)c1. The van der Waals surface area contributed by atoms with Crippen molar-refractivity contribution in [2.45, 2.75) is 32.6 Å². The van der Waals surface area contributed by atoms with Crippen LogP contribution in [-0.4, -0.2) is 5.78 Å². The Hall–Kier alpha value is -1.25. The molecule has 0 aliphatic rings. The molecule has 1 atom stereocenters. The van der Waals surface area contributed by atoms with Crippen LogP contribution in [0.3, 0.4) is 0 Å². The van der Waals surface area contributed by atoms with Gasteiger partial charge in [0.1, 0.15) is 5.78 Å². The lowest BCUT2D eigenvalue weighted by atomic mass is 9.95. The van der Waals surface area contributed by atoms with Crippen LogP contribution in [0, 0.1) is 11.6 Å². The number of hydrogen-bond acceptors (Lipinski definition) is 1. The Morgan fingerprint density at radius 2 is 2.00 bits per heavy atom. The van der Waals surface area contributed by atoms with E-state index >= 15 is 0 Å². The van der Waals surface area contributed by atoms with Gasteiger partial charge in [-0.05, 0) is 37.0 Å². The number of benzene rings is 1. The highest BCUT2D eigenvalue weighted by Crippen LogP contribution is 2.22. The largest absolute Gasteiger partial charge is 0.300 e. The van der Waals surface area contributed by atoms with Crippen LogP contribution in [0.5, 0.6) is 0 Å².